The second kappa shape index (κ2) is 3.58. The van der Waals surface area contributed by atoms with Gasteiger partial charge in [0.05, 0.1) is 13.3 Å². The van der Waals surface area contributed by atoms with Crippen LogP contribution in [0.25, 0.3) is 0 Å². The molecule has 0 aromatic carbocycles. The van der Waals surface area contributed by atoms with Crippen molar-refractivity contribution in [3.8, 4) is 17.7 Å². The van der Waals surface area contributed by atoms with Crippen LogP contribution in [0.1, 0.15) is 12.7 Å². The lowest BCUT2D eigenvalue weighted by Crippen LogP contribution is -1.99. The molecule has 1 aromatic rings. The summed E-state index contributed by atoms with van der Waals surface area (Å²) < 4.78 is 4.89. The molecule has 0 aliphatic carbocycles. The largest absolute Gasteiger partial charge is 0.479 e. The first-order valence-corrected chi connectivity index (χ1v) is 3.37. The molecule has 62 valence electrons. The van der Waals surface area contributed by atoms with Gasteiger partial charge in [-0.05, 0) is 12.8 Å². The first-order chi connectivity index (χ1) is 5.77. The molecule has 2 N–H and O–H groups in total. The standard InChI is InChI=1S/C8H9N3O/c1-3-4-7-10-5-6(9)8(11-7)12-2/h5H,9H2,1-2H3. The number of ether oxygens (including phenoxy) is 1. The maximum Gasteiger partial charge on any atom is 0.241 e. The van der Waals surface area contributed by atoms with E-state index in [1.165, 1.54) is 13.3 Å². The van der Waals surface area contributed by atoms with E-state index in [0.717, 1.165) is 0 Å². The van der Waals surface area contributed by atoms with Crippen molar-refractivity contribution in [2.45, 2.75) is 6.92 Å². The number of hydrogen-bond acceptors (Lipinski definition) is 4. The molecule has 0 aliphatic heterocycles. The van der Waals surface area contributed by atoms with Crippen LogP contribution in [0.15, 0.2) is 6.20 Å². The highest BCUT2D eigenvalue weighted by molar-refractivity contribution is 5.46. The molecule has 0 atom stereocenters. The predicted molar refractivity (Wildman–Crippen MR) is 45.5 cm³/mol. The fraction of sp³-hybridized carbons (Fsp3) is 0.250. The monoisotopic (exact) mass is 163 g/mol. The summed E-state index contributed by atoms with van der Waals surface area (Å²) in [6.07, 6.45) is 1.48. The molecule has 12 heavy (non-hydrogen) atoms. The summed E-state index contributed by atoms with van der Waals surface area (Å²) in [5.74, 6) is 6.17. The van der Waals surface area contributed by atoms with E-state index in [2.05, 4.69) is 21.8 Å². The van der Waals surface area contributed by atoms with Gasteiger partial charge in [0.15, 0.2) is 0 Å². The molecular formula is C8H9N3O. The molecule has 0 amide bonds. The maximum absolute atomic E-state index is 5.50. The number of nitrogen functional groups attached to an aromatic ring is 1. The molecule has 0 saturated carbocycles. The summed E-state index contributed by atoms with van der Waals surface area (Å²) in [6, 6.07) is 0. The molecule has 0 radical (unpaired) electrons. The molecule has 0 saturated heterocycles. The van der Waals surface area contributed by atoms with Crippen molar-refractivity contribution < 1.29 is 4.74 Å². The number of nitrogens with two attached hydrogens (primary N) is 1. The Morgan fingerprint density at radius 2 is 2.33 bits per heavy atom. The van der Waals surface area contributed by atoms with Gasteiger partial charge in [0.25, 0.3) is 0 Å². The minimum atomic E-state index is 0.364. The Balaban J connectivity index is 3.10. The van der Waals surface area contributed by atoms with Crippen molar-refractivity contribution in [1.82, 2.24) is 9.97 Å². The zero-order valence-corrected chi connectivity index (χ0v) is 6.96. The molecular weight excluding hydrogens is 154 g/mol. The molecule has 1 rings (SSSR count). The van der Waals surface area contributed by atoms with Crippen LogP contribution in [0, 0.1) is 11.8 Å². The van der Waals surface area contributed by atoms with Crippen molar-refractivity contribution >= 4 is 5.69 Å². The summed E-state index contributed by atoms with van der Waals surface area (Å²) in [5.41, 5.74) is 5.91. The molecule has 0 spiro atoms. The van der Waals surface area contributed by atoms with Gasteiger partial charge >= 0.3 is 0 Å². The zero-order chi connectivity index (χ0) is 8.97. The van der Waals surface area contributed by atoms with Gasteiger partial charge in [0.2, 0.25) is 11.7 Å². The van der Waals surface area contributed by atoms with Gasteiger partial charge in [-0.25, -0.2) is 4.98 Å². The fourth-order valence-electron chi connectivity index (χ4n) is 0.711. The molecule has 4 nitrogen and oxygen atoms in total. The Morgan fingerprint density at radius 1 is 1.58 bits per heavy atom. The highest BCUT2D eigenvalue weighted by atomic mass is 16.5. The molecule has 1 heterocycles. The fourth-order valence-corrected chi connectivity index (χ4v) is 0.711. The number of hydrogen-bond donors (Lipinski definition) is 1. The topological polar surface area (TPSA) is 61.0 Å². The third kappa shape index (κ3) is 1.64. The molecule has 0 bridgehead atoms. The summed E-state index contributed by atoms with van der Waals surface area (Å²) >= 11 is 0. The lowest BCUT2D eigenvalue weighted by Gasteiger charge is -2.00. The van der Waals surface area contributed by atoms with Gasteiger partial charge < -0.3 is 10.5 Å². The number of rotatable bonds is 1. The summed E-state index contributed by atoms with van der Waals surface area (Å²) in [4.78, 5) is 7.84. The van der Waals surface area contributed by atoms with E-state index in [0.29, 0.717) is 17.4 Å². The van der Waals surface area contributed by atoms with Gasteiger partial charge in [-0.15, -0.1) is 0 Å². The maximum atomic E-state index is 5.50. The number of anilines is 1. The SMILES string of the molecule is CC#Cc1ncc(N)c(OC)n1. The van der Waals surface area contributed by atoms with Crippen LogP contribution in [-0.4, -0.2) is 17.1 Å². The van der Waals surface area contributed by atoms with E-state index in [1.807, 2.05) is 0 Å². The van der Waals surface area contributed by atoms with Crippen LogP contribution in [-0.2, 0) is 0 Å². The van der Waals surface area contributed by atoms with Crippen LogP contribution in [0.2, 0.25) is 0 Å². The highest BCUT2D eigenvalue weighted by Gasteiger charge is 2.01. The summed E-state index contributed by atoms with van der Waals surface area (Å²) in [7, 11) is 1.50. The minimum absolute atomic E-state index is 0.364. The van der Waals surface area contributed by atoms with E-state index in [9.17, 15) is 0 Å². The Kier molecular flexibility index (Phi) is 2.49. The Morgan fingerprint density at radius 3 is 2.92 bits per heavy atom. The zero-order valence-electron chi connectivity index (χ0n) is 6.96. The smallest absolute Gasteiger partial charge is 0.241 e. The predicted octanol–water partition coefficient (Wildman–Crippen LogP) is 0.439. The summed E-state index contributed by atoms with van der Waals surface area (Å²) in [6.45, 7) is 1.71. The van der Waals surface area contributed by atoms with Crippen molar-refractivity contribution in [3.63, 3.8) is 0 Å². The Labute approximate surface area is 70.8 Å². The highest BCUT2D eigenvalue weighted by Crippen LogP contribution is 2.14. The molecule has 0 aliphatic rings. The van der Waals surface area contributed by atoms with E-state index >= 15 is 0 Å². The Bertz CT molecular complexity index is 338. The van der Waals surface area contributed by atoms with Crippen molar-refractivity contribution in [2.75, 3.05) is 12.8 Å². The van der Waals surface area contributed by atoms with Crippen LogP contribution < -0.4 is 10.5 Å². The molecule has 4 heteroatoms. The molecule has 1 aromatic heterocycles. The van der Waals surface area contributed by atoms with Gasteiger partial charge in [0, 0.05) is 0 Å². The van der Waals surface area contributed by atoms with Crippen LogP contribution in [0.3, 0.4) is 0 Å². The van der Waals surface area contributed by atoms with Crippen molar-refractivity contribution in [1.29, 1.82) is 0 Å². The lowest BCUT2D eigenvalue weighted by atomic mass is 10.5. The van der Waals surface area contributed by atoms with E-state index in [1.54, 1.807) is 6.92 Å². The van der Waals surface area contributed by atoms with Gasteiger partial charge in [0.1, 0.15) is 5.69 Å². The van der Waals surface area contributed by atoms with Gasteiger partial charge in [-0.2, -0.15) is 4.98 Å². The lowest BCUT2D eigenvalue weighted by molar-refractivity contribution is 0.399. The quantitative estimate of drug-likeness (QED) is 0.610. The summed E-state index contributed by atoms with van der Waals surface area (Å²) in [5, 5.41) is 0. The van der Waals surface area contributed by atoms with Gasteiger partial charge in [-0.3, -0.25) is 0 Å². The average molecular weight is 163 g/mol. The van der Waals surface area contributed by atoms with E-state index < -0.39 is 0 Å². The second-order valence-corrected chi connectivity index (χ2v) is 2.03. The third-order valence-corrected chi connectivity index (χ3v) is 1.21. The van der Waals surface area contributed by atoms with E-state index in [4.69, 9.17) is 10.5 Å². The van der Waals surface area contributed by atoms with Gasteiger partial charge in [-0.1, -0.05) is 5.92 Å². The normalized spacial score (nSPS) is 8.50. The molecule has 0 unspecified atom stereocenters. The first kappa shape index (κ1) is 8.34. The first-order valence-electron chi connectivity index (χ1n) is 3.37. The van der Waals surface area contributed by atoms with Crippen molar-refractivity contribution in [3.05, 3.63) is 12.0 Å². The third-order valence-electron chi connectivity index (χ3n) is 1.21. The number of nitrogens with zero attached hydrogens (tertiary/aromatic N) is 2. The number of methoxy groups -OCH3 is 1. The number of aromatic nitrogens is 2. The molecule has 0 fully saturated rings. The van der Waals surface area contributed by atoms with Crippen molar-refractivity contribution in [2.24, 2.45) is 0 Å². The van der Waals surface area contributed by atoms with Crippen LogP contribution in [0.4, 0.5) is 5.69 Å². The Hall–Kier alpha value is -1.76. The van der Waals surface area contributed by atoms with Crippen LogP contribution >= 0.6 is 0 Å². The average Bonchev–Trinajstić information content (AvgIpc) is 2.09. The van der Waals surface area contributed by atoms with Crippen LogP contribution in [0.5, 0.6) is 5.88 Å². The minimum Gasteiger partial charge on any atom is -0.479 e. The second-order valence-electron chi connectivity index (χ2n) is 2.03. The van der Waals surface area contributed by atoms with E-state index in [-0.39, 0.29) is 0 Å².